The van der Waals surface area contributed by atoms with E-state index < -0.39 is 10.4 Å². The molecule has 0 saturated heterocycles. The second-order valence-corrected chi connectivity index (χ2v) is 6.67. The van der Waals surface area contributed by atoms with Crippen LogP contribution in [0.4, 0.5) is 8.78 Å². The van der Waals surface area contributed by atoms with Crippen LogP contribution in [0.2, 0.25) is 0 Å². The van der Waals surface area contributed by atoms with Gasteiger partial charge < -0.3 is 5.11 Å². The Morgan fingerprint density at radius 1 is 1.00 bits per heavy atom. The summed E-state index contributed by atoms with van der Waals surface area (Å²) in [6.45, 7) is 0. The van der Waals surface area contributed by atoms with Gasteiger partial charge in [-0.25, -0.2) is 0 Å². The third-order valence-electron chi connectivity index (χ3n) is 4.65. The van der Waals surface area contributed by atoms with Crippen LogP contribution in [0.15, 0.2) is 0 Å². The smallest absolute Gasteiger partial charge is 0.329 e. The molecule has 4 heteroatoms. The highest BCUT2D eigenvalue weighted by Gasteiger charge is 2.57. The largest absolute Gasteiger partial charge is 0.382 e. The number of aliphatic hydroxyl groups is 1. The summed E-state index contributed by atoms with van der Waals surface area (Å²) in [4.78, 5) is -3.15. The van der Waals surface area contributed by atoms with E-state index >= 15 is 0 Å². The van der Waals surface area contributed by atoms with Crippen molar-refractivity contribution >= 4 is 15.9 Å². The molecule has 2 aliphatic carbocycles. The maximum absolute atomic E-state index is 13.7. The van der Waals surface area contributed by atoms with E-state index in [2.05, 4.69) is 15.9 Å². The van der Waals surface area contributed by atoms with E-state index in [9.17, 15) is 13.9 Å². The van der Waals surface area contributed by atoms with Crippen LogP contribution in [0, 0.1) is 11.8 Å². The van der Waals surface area contributed by atoms with Crippen molar-refractivity contribution in [2.24, 2.45) is 11.8 Å². The molecule has 17 heavy (non-hydrogen) atoms. The molecule has 0 amide bonds. The quantitative estimate of drug-likeness (QED) is 0.746. The fourth-order valence-corrected chi connectivity index (χ4v) is 4.19. The van der Waals surface area contributed by atoms with Gasteiger partial charge in [0.1, 0.15) is 5.60 Å². The second-order valence-electron chi connectivity index (χ2n) is 5.67. The molecule has 2 aliphatic rings. The number of rotatable bonds is 2. The molecule has 0 aromatic carbocycles. The fourth-order valence-electron chi connectivity index (χ4n) is 3.70. The number of halogens is 3. The van der Waals surface area contributed by atoms with Gasteiger partial charge in [0, 0.05) is 0 Å². The Morgan fingerprint density at radius 2 is 1.59 bits per heavy atom. The molecule has 2 atom stereocenters. The zero-order valence-electron chi connectivity index (χ0n) is 10.1. The molecule has 2 fully saturated rings. The molecule has 0 heterocycles. The lowest BCUT2D eigenvalue weighted by molar-refractivity contribution is -0.181. The normalized spacial score (nSPS) is 37.1. The average molecular weight is 311 g/mol. The molecular weight excluding hydrogens is 290 g/mol. The minimum Gasteiger partial charge on any atom is -0.382 e. The molecule has 0 aromatic heterocycles. The van der Waals surface area contributed by atoms with E-state index in [1.54, 1.807) is 0 Å². The van der Waals surface area contributed by atoms with Crippen LogP contribution < -0.4 is 0 Å². The Kier molecular flexibility index (Phi) is 4.13. The predicted molar refractivity (Wildman–Crippen MR) is 67.4 cm³/mol. The number of hydrogen-bond acceptors (Lipinski definition) is 1. The van der Waals surface area contributed by atoms with E-state index in [1.165, 1.54) is 6.42 Å². The van der Waals surface area contributed by atoms with Crippen molar-refractivity contribution in [2.75, 3.05) is 0 Å². The molecule has 2 saturated carbocycles. The van der Waals surface area contributed by atoms with Crippen molar-refractivity contribution in [2.45, 2.75) is 68.2 Å². The van der Waals surface area contributed by atoms with Gasteiger partial charge in [-0.1, -0.05) is 44.9 Å². The van der Waals surface area contributed by atoms with Crippen LogP contribution in [0.5, 0.6) is 0 Å². The Bertz CT molecular complexity index is 261. The Morgan fingerprint density at radius 3 is 2.18 bits per heavy atom. The second kappa shape index (κ2) is 5.12. The Labute approximate surface area is 110 Å². The van der Waals surface area contributed by atoms with E-state index in [-0.39, 0.29) is 18.3 Å². The number of alkyl halides is 3. The van der Waals surface area contributed by atoms with Crippen LogP contribution >= 0.6 is 15.9 Å². The topological polar surface area (TPSA) is 20.2 Å². The third-order valence-corrected chi connectivity index (χ3v) is 5.33. The Hall–Kier alpha value is 0.300. The van der Waals surface area contributed by atoms with Crippen molar-refractivity contribution in [1.29, 1.82) is 0 Å². The fraction of sp³-hybridized carbons (Fsp3) is 1.00. The van der Waals surface area contributed by atoms with E-state index in [0.717, 1.165) is 38.5 Å². The summed E-state index contributed by atoms with van der Waals surface area (Å²) in [5, 5.41) is 10.4. The van der Waals surface area contributed by atoms with Gasteiger partial charge in [0.15, 0.2) is 0 Å². The summed E-state index contributed by atoms with van der Waals surface area (Å²) in [6, 6.07) is 0. The maximum atomic E-state index is 13.7. The molecule has 0 spiro atoms. The van der Waals surface area contributed by atoms with Crippen LogP contribution in [0.1, 0.15) is 57.8 Å². The minimum atomic E-state index is -3.15. The zero-order chi connectivity index (χ0) is 12.5. The van der Waals surface area contributed by atoms with Gasteiger partial charge >= 0.3 is 4.83 Å². The summed E-state index contributed by atoms with van der Waals surface area (Å²) in [6.07, 6.45) is 8.16. The molecular formula is C13H21BrF2O. The highest BCUT2D eigenvalue weighted by Crippen LogP contribution is 2.52. The first-order valence-corrected chi connectivity index (χ1v) is 7.53. The SMILES string of the molecule is OC1(C(F)(F)Br)CCCCC1C1CCCCC1. The van der Waals surface area contributed by atoms with Crippen molar-refractivity contribution in [3.8, 4) is 0 Å². The van der Waals surface area contributed by atoms with Gasteiger partial charge in [-0.3, -0.25) is 0 Å². The summed E-state index contributed by atoms with van der Waals surface area (Å²) < 4.78 is 27.3. The lowest BCUT2D eigenvalue weighted by atomic mass is 9.65. The predicted octanol–water partition coefficient (Wildman–Crippen LogP) is 4.48. The molecule has 0 bridgehead atoms. The lowest BCUT2D eigenvalue weighted by Gasteiger charge is -2.47. The Balaban J connectivity index is 2.16. The monoisotopic (exact) mass is 310 g/mol. The highest BCUT2D eigenvalue weighted by molar-refractivity contribution is 9.10. The molecule has 0 aromatic rings. The van der Waals surface area contributed by atoms with Gasteiger partial charge in [0.2, 0.25) is 0 Å². The van der Waals surface area contributed by atoms with Crippen LogP contribution in [0.25, 0.3) is 0 Å². The van der Waals surface area contributed by atoms with Gasteiger partial charge in [0.25, 0.3) is 0 Å². The van der Waals surface area contributed by atoms with Crippen molar-refractivity contribution in [1.82, 2.24) is 0 Å². The minimum absolute atomic E-state index is 0.229. The molecule has 100 valence electrons. The molecule has 1 nitrogen and oxygen atoms in total. The molecule has 2 unspecified atom stereocenters. The van der Waals surface area contributed by atoms with Crippen LogP contribution in [-0.2, 0) is 0 Å². The standard InChI is InChI=1S/C13H21BrF2O/c14-13(15,16)12(17)9-5-4-8-11(12)10-6-2-1-3-7-10/h10-11,17H,1-9H2. The van der Waals surface area contributed by atoms with Crippen molar-refractivity contribution in [3.05, 3.63) is 0 Å². The van der Waals surface area contributed by atoms with Gasteiger partial charge in [0.05, 0.1) is 0 Å². The van der Waals surface area contributed by atoms with Gasteiger partial charge in [-0.2, -0.15) is 8.78 Å². The highest BCUT2D eigenvalue weighted by atomic mass is 79.9. The zero-order valence-corrected chi connectivity index (χ0v) is 11.7. The summed E-state index contributed by atoms with van der Waals surface area (Å²) in [5.41, 5.74) is -1.83. The lowest BCUT2D eigenvalue weighted by Crippen LogP contribution is -2.54. The maximum Gasteiger partial charge on any atom is 0.329 e. The summed E-state index contributed by atoms with van der Waals surface area (Å²) in [7, 11) is 0. The average Bonchev–Trinajstić information content (AvgIpc) is 2.29. The van der Waals surface area contributed by atoms with E-state index in [0.29, 0.717) is 6.42 Å². The number of hydrogen-bond donors (Lipinski definition) is 1. The molecule has 2 rings (SSSR count). The van der Waals surface area contributed by atoms with Crippen molar-refractivity contribution in [3.63, 3.8) is 0 Å². The first-order chi connectivity index (χ1) is 7.95. The third kappa shape index (κ3) is 2.67. The van der Waals surface area contributed by atoms with Gasteiger partial charge in [-0.15, -0.1) is 0 Å². The van der Waals surface area contributed by atoms with Crippen LogP contribution in [-0.4, -0.2) is 15.5 Å². The summed E-state index contributed by atoms with van der Waals surface area (Å²) in [5.74, 6) is 0.0587. The van der Waals surface area contributed by atoms with Gasteiger partial charge in [-0.05, 0) is 40.6 Å². The first-order valence-electron chi connectivity index (χ1n) is 6.74. The molecule has 1 N–H and O–H groups in total. The molecule has 0 radical (unpaired) electrons. The van der Waals surface area contributed by atoms with Crippen molar-refractivity contribution < 1.29 is 13.9 Å². The first kappa shape index (κ1) is 13.7. The summed E-state index contributed by atoms with van der Waals surface area (Å²) >= 11 is 2.42. The van der Waals surface area contributed by atoms with E-state index in [1.807, 2.05) is 0 Å². The van der Waals surface area contributed by atoms with Crippen LogP contribution in [0.3, 0.4) is 0 Å². The van der Waals surface area contributed by atoms with E-state index in [4.69, 9.17) is 0 Å². The molecule has 0 aliphatic heterocycles.